The third kappa shape index (κ3) is 6.22. The van der Waals surface area contributed by atoms with Crippen LogP contribution in [-0.2, 0) is 9.16 Å². The molecule has 1 N–H and O–H groups in total. The molecule has 0 saturated heterocycles. The topological polar surface area (TPSA) is 55.8 Å². The number of rotatable bonds is 11. The molecule has 0 radical (unpaired) electrons. The average Bonchev–Trinajstić information content (AvgIpc) is 2.59. The fourth-order valence-electron chi connectivity index (χ4n) is 3.98. The Morgan fingerprint density at radius 3 is 2.04 bits per heavy atom. The Labute approximate surface area is 160 Å². The Kier molecular flexibility index (Phi) is 9.54. The first-order valence-corrected chi connectivity index (χ1v) is 11.9. The second-order valence-corrected chi connectivity index (χ2v) is 13.4. The van der Waals surface area contributed by atoms with Crippen LogP contribution < -0.4 is 0 Å². The highest BCUT2D eigenvalue weighted by Gasteiger charge is 2.44. The van der Waals surface area contributed by atoms with Crippen LogP contribution >= 0.6 is 0 Å². The van der Waals surface area contributed by atoms with Crippen molar-refractivity contribution in [2.75, 3.05) is 13.2 Å². The van der Waals surface area contributed by atoms with Gasteiger partial charge in [-0.05, 0) is 41.6 Å². The molecule has 148 valence electrons. The maximum Gasteiger partial charge on any atom is 0.338 e. The zero-order chi connectivity index (χ0) is 19.7. The molecule has 26 heavy (non-hydrogen) atoms. The third-order valence-corrected chi connectivity index (χ3v) is 11.3. The van der Waals surface area contributed by atoms with Gasteiger partial charge in [-0.3, -0.25) is 0 Å². The molecule has 0 amide bonds. The van der Waals surface area contributed by atoms with Crippen molar-refractivity contribution in [1.82, 2.24) is 0 Å². The number of esters is 1. The quantitative estimate of drug-likeness (QED) is 0.327. The lowest BCUT2D eigenvalue weighted by molar-refractivity contribution is 0.0225. The van der Waals surface area contributed by atoms with E-state index in [1.54, 1.807) is 24.3 Å². The first-order chi connectivity index (χ1) is 12.2. The van der Waals surface area contributed by atoms with Gasteiger partial charge >= 0.3 is 5.97 Å². The number of aliphatic hydroxyl groups excluding tert-OH is 1. The van der Waals surface area contributed by atoms with E-state index in [9.17, 15) is 9.90 Å². The largest absolute Gasteiger partial charge is 0.459 e. The number of hydrogen-bond acceptors (Lipinski definition) is 4. The number of aliphatic hydroxyl groups is 1. The van der Waals surface area contributed by atoms with E-state index in [0.29, 0.717) is 35.2 Å². The molecule has 0 heterocycles. The maximum atomic E-state index is 11.9. The standard InChI is InChI=1S/C21H36O4Si/c1-16(2)26(17(3)4,18(5)6)25-14-10-13-20(22)15-24-21(23)19-11-8-7-9-12-19/h7-9,11-12,16-18,20,22H,10,13-15H2,1-6H3/t20-/m0/s1. The summed E-state index contributed by atoms with van der Waals surface area (Å²) in [5, 5.41) is 10.1. The van der Waals surface area contributed by atoms with Crippen LogP contribution in [0.2, 0.25) is 16.6 Å². The van der Waals surface area contributed by atoms with Crippen LogP contribution in [0, 0.1) is 0 Å². The zero-order valence-corrected chi connectivity index (χ0v) is 18.2. The summed E-state index contributed by atoms with van der Waals surface area (Å²) in [5.74, 6) is -0.397. The lowest BCUT2D eigenvalue weighted by atomic mass is 10.2. The van der Waals surface area contributed by atoms with Gasteiger partial charge in [0.25, 0.3) is 0 Å². The van der Waals surface area contributed by atoms with Crippen LogP contribution in [0.25, 0.3) is 0 Å². The van der Waals surface area contributed by atoms with Crippen LogP contribution in [0.15, 0.2) is 30.3 Å². The SMILES string of the molecule is CC(C)[Si](OCCC[C@H](O)COC(=O)c1ccccc1)(C(C)C)C(C)C. The minimum absolute atomic E-state index is 0.0227. The predicted molar refractivity (Wildman–Crippen MR) is 109 cm³/mol. The fourth-order valence-corrected chi connectivity index (χ4v) is 9.48. The molecule has 0 saturated carbocycles. The molecule has 0 aliphatic carbocycles. The van der Waals surface area contributed by atoms with Gasteiger partial charge in [0.1, 0.15) is 6.61 Å². The predicted octanol–water partition coefficient (Wildman–Crippen LogP) is 5.18. The van der Waals surface area contributed by atoms with E-state index in [1.165, 1.54) is 0 Å². The molecular formula is C21H36O4Si. The van der Waals surface area contributed by atoms with Crippen molar-refractivity contribution in [1.29, 1.82) is 0 Å². The van der Waals surface area contributed by atoms with E-state index >= 15 is 0 Å². The van der Waals surface area contributed by atoms with Crippen molar-refractivity contribution in [2.45, 2.75) is 77.1 Å². The minimum atomic E-state index is -1.85. The molecule has 0 aromatic heterocycles. The maximum absolute atomic E-state index is 11.9. The van der Waals surface area contributed by atoms with Crippen LogP contribution in [-0.4, -0.2) is 38.7 Å². The van der Waals surface area contributed by atoms with Gasteiger partial charge in [-0.1, -0.05) is 59.7 Å². The van der Waals surface area contributed by atoms with Crippen molar-refractivity contribution < 1.29 is 19.1 Å². The second-order valence-electron chi connectivity index (χ2n) is 7.93. The Morgan fingerprint density at radius 2 is 1.54 bits per heavy atom. The molecule has 5 heteroatoms. The summed E-state index contributed by atoms with van der Waals surface area (Å²) in [5.41, 5.74) is 2.17. The van der Waals surface area contributed by atoms with Gasteiger partial charge in [-0.25, -0.2) is 4.79 Å². The van der Waals surface area contributed by atoms with Crippen LogP contribution in [0.1, 0.15) is 64.7 Å². The lowest BCUT2D eigenvalue weighted by Gasteiger charge is -2.42. The number of ether oxygens (including phenoxy) is 1. The van der Waals surface area contributed by atoms with Crippen molar-refractivity contribution >= 4 is 14.3 Å². The molecular weight excluding hydrogens is 344 g/mol. The summed E-state index contributed by atoms with van der Waals surface area (Å²) >= 11 is 0. The first kappa shape index (κ1) is 22.9. The molecule has 0 bridgehead atoms. The summed E-state index contributed by atoms with van der Waals surface area (Å²) in [7, 11) is -1.85. The van der Waals surface area contributed by atoms with Gasteiger partial charge in [-0.2, -0.15) is 0 Å². The normalized spacial score (nSPS) is 13.5. The average molecular weight is 381 g/mol. The van der Waals surface area contributed by atoms with Crippen molar-refractivity contribution in [3.05, 3.63) is 35.9 Å². The number of carbonyl (C=O) groups is 1. The highest BCUT2D eigenvalue weighted by atomic mass is 28.4. The molecule has 4 nitrogen and oxygen atoms in total. The number of carbonyl (C=O) groups excluding carboxylic acids is 1. The monoisotopic (exact) mass is 380 g/mol. The Bertz CT molecular complexity index is 506. The fraction of sp³-hybridized carbons (Fsp3) is 0.667. The molecule has 0 spiro atoms. The van der Waals surface area contributed by atoms with E-state index in [0.717, 1.165) is 6.42 Å². The lowest BCUT2D eigenvalue weighted by Crippen LogP contribution is -2.48. The minimum Gasteiger partial charge on any atom is -0.459 e. The smallest absolute Gasteiger partial charge is 0.338 e. The second kappa shape index (κ2) is 10.9. The Hall–Kier alpha value is -1.17. The van der Waals surface area contributed by atoms with Crippen LogP contribution in [0.4, 0.5) is 0 Å². The van der Waals surface area contributed by atoms with Crippen molar-refractivity contribution in [2.24, 2.45) is 0 Å². The zero-order valence-electron chi connectivity index (χ0n) is 17.2. The van der Waals surface area contributed by atoms with E-state index in [1.807, 2.05) is 6.07 Å². The molecule has 0 aliphatic heterocycles. The molecule has 0 unspecified atom stereocenters. The third-order valence-electron chi connectivity index (χ3n) is 5.16. The first-order valence-electron chi connectivity index (χ1n) is 9.76. The molecule has 1 rings (SSSR count). The van der Waals surface area contributed by atoms with Crippen molar-refractivity contribution in [3.63, 3.8) is 0 Å². The highest BCUT2D eigenvalue weighted by molar-refractivity contribution is 6.77. The summed E-state index contributed by atoms with van der Waals surface area (Å²) in [4.78, 5) is 11.9. The molecule has 1 aromatic carbocycles. The van der Waals surface area contributed by atoms with Gasteiger partial charge in [0.05, 0.1) is 11.7 Å². The van der Waals surface area contributed by atoms with Gasteiger partial charge in [-0.15, -0.1) is 0 Å². The number of hydrogen-bond donors (Lipinski definition) is 1. The van der Waals surface area contributed by atoms with Crippen molar-refractivity contribution in [3.8, 4) is 0 Å². The summed E-state index contributed by atoms with van der Waals surface area (Å²) in [6, 6.07) is 8.84. The van der Waals surface area contributed by atoms with Gasteiger partial charge in [0.15, 0.2) is 8.32 Å². The Balaban J connectivity index is 2.39. The van der Waals surface area contributed by atoms with Gasteiger partial charge < -0.3 is 14.3 Å². The summed E-state index contributed by atoms with van der Waals surface area (Å²) in [6.07, 6.45) is 0.686. The molecule has 1 atom stereocenters. The molecule has 1 aromatic rings. The molecule has 0 aliphatic rings. The van der Waals surface area contributed by atoms with E-state index in [4.69, 9.17) is 9.16 Å². The van der Waals surface area contributed by atoms with Gasteiger partial charge in [0.2, 0.25) is 0 Å². The summed E-state index contributed by atoms with van der Waals surface area (Å²) in [6.45, 7) is 14.3. The number of benzene rings is 1. The van der Waals surface area contributed by atoms with E-state index in [-0.39, 0.29) is 6.61 Å². The molecule has 0 fully saturated rings. The Morgan fingerprint density at radius 1 is 1.00 bits per heavy atom. The van der Waals surface area contributed by atoms with Crippen LogP contribution in [0.3, 0.4) is 0 Å². The van der Waals surface area contributed by atoms with Gasteiger partial charge in [0, 0.05) is 6.61 Å². The highest BCUT2D eigenvalue weighted by Crippen LogP contribution is 2.42. The van der Waals surface area contributed by atoms with E-state index < -0.39 is 20.4 Å². The summed E-state index contributed by atoms with van der Waals surface area (Å²) < 4.78 is 11.7. The van der Waals surface area contributed by atoms with E-state index in [2.05, 4.69) is 41.5 Å². The van der Waals surface area contributed by atoms with Crippen LogP contribution in [0.5, 0.6) is 0 Å².